The first-order valence-corrected chi connectivity index (χ1v) is 34.5. The zero-order valence-corrected chi connectivity index (χ0v) is 52.3. The van der Waals surface area contributed by atoms with Crippen LogP contribution in [0.3, 0.4) is 0 Å². The van der Waals surface area contributed by atoms with E-state index in [9.17, 15) is 5.53 Å². The molecule has 0 aliphatic carbocycles. The van der Waals surface area contributed by atoms with Crippen molar-refractivity contribution in [2.75, 3.05) is 0 Å². The first-order valence-electron chi connectivity index (χ1n) is 33.1. The first kappa shape index (κ1) is 68.1. The van der Waals surface area contributed by atoms with Gasteiger partial charge in [0.15, 0.2) is 0 Å². The van der Waals surface area contributed by atoms with Gasteiger partial charge in [-0.15, -0.1) is 0 Å². The second-order valence-corrected chi connectivity index (χ2v) is 24.3. The summed E-state index contributed by atoms with van der Waals surface area (Å²) in [7, 11) is 0. The van der Waals surface area contributed by atoms with Crippen molar-refractivity contribution < 1.29 is 19.1 Å². The minimum absolute atomic E-state index is 1.03. The summed E-state index contributed by atoms with van der Waals surface area (Å²) in [6, 6.07) is 10.2. The van der Waals surface area contributed by atoms with Crippen LogP contribution in [0.2, 0.25) is 10.8 Å². The molecule has 1 aliphatic heterocycles. The van der Waals surface area contributed by atoms with Crippen LogP contribution in [0.5, 0.6) is 0 Å². The topological polar surface area (TPSA) is 25.3 Å². The third-order valence-corrected chi connectivity index (χ3v) is 17.4. The third kappa shape index (κ3) is 27.1. The Kier molecular flexibility index (Phi) is 42.3. The number of hydrogen-bond donors (Lipinski definition) is 0. The van der Waals surface area contributed by atoms with E-state index in [-0.39, 0.29) is 0 Å². The van der Waals surface area contributed by atoms with Crippen LogP contribution >= 0.6 is 0 Å². The number of aryl methyl sites for hydroxylation is 4. The van der Waals surface area contributed by atoms with Crippen LogP contribution in [-0.2, 0) is 53.0 Å². The van der Waals surface area contributed by atoms with Crippen molar-refractivity contribution in [1.29, 1.82) is 0 Å². The maximum absolute atomic E-state index is 12.9. The minimum atomic E-state index is 1.03. The Morgan fingerprint density at radius 3 is 0.905 bits per heavy atom. The van der Waals surface area contributed by atoms with Gasteiger partial charge in [-0.1, -0.05) is 139 Å². The molecule has 1 heterocycles. The predicted octanol–water partition coefficient (Wildman–Crippen LogP) is 24.6. The van der Waals surface area contributed by atoms with Gasteiger partial charge in [0.05, 0.1) is 0 Å². The average Bonchev–Trinajstić information content (AvgIpc) is 3.69. The molecule has 0 fully saturated rings. The Labute approximate surface area is 469 Å². The molecule has 2 nitrogen and oxygen atoms in total. The van der Waals surface area contributed by atoms with Crippen molar-refractivity contribution in [3.05, 3.63) is 85.5 Å². The van der Waals surface area contributed by atoms with Crippen LogP contribution in [0.4, 0.5) is 0 Å². The van der Waals surface area contributed by atoms with Crippen molar-refractivity contribution in [3.8, 4) is 0 Å². The van der Waals surface area contributed by atoms with Crippen LogP contribution < -0.4 is 0 Å². The molecule has 0 saturated heterocycles. The fraction of sp³-hybridized carbons (Fsp3) is 0.775. The van der Waals surface area contributed by atoms with Crippen LogP contribution in [0, 0.1) is 0 Å². The van der Waals surface area contributed by atoms with Gasteiger partial charge in [0.25, 0.3) is 0 Å². The van der Waals surface area contributed by atoms with E-state index in [0.29, 0.717) is 0 Å². The summed E-state index contributed by atoms with van der Waals surface area (Å²) in [6.45, 7) is 23.2. The molecular weight excluding hydrogens is 939 g/mol. The summed E-state index contributed by atoms with van der Waals surface area (Å²) < 4.78 is 1.73. The maximum atomic E-state index is 12.9. The summed E-state index contributed by atoms with van der Waals surface area (Å²) in [5.74, 6) is 0. The number of rotatable bonds is 47. The number of allylic oxidation sites excluding steroid dienone is 2. The van der Waals surface area contributed by atoms with Crippen molar-refractivity contribution in [3.63, 3.8) is 0 Å². The Balaban J connectivity index is 0.000000832. The molecule has 428 valence electrons. The Morgan fingerprint density at radius 2 is 0.527 bits per heavy atom. The summed E-state index contributed by atoms with van der Waals surface area (Å²) in [4.78, 5) is 0. The van der Waals surface area contributed by atoms with Crippen LogP contribution in [0.1, 0.15) is 351 Å². The number of unbranched alkanes of at least 4 members (excludes halogenated alkanes) is 25. The third-order valence-electron chi connectivity index (χ3n) is 16.0. The molecule has 0 unspecified atom stereocenters. The first-order chi connectivity index (χ1) is 36.3. The number of benzene rings is 2. The zero-order chi connectivity index (χ0) is 53.9. The van der Waals surface area contributed by atoms with E-state index in [2.05, 4.69) is 93.5 Å². The van der Waals surface area contributed by atoms with Gasteiger partial charge in [-0.3, -0.25) is 0 Å². The van der Waals surface area contributed by atoms with Gasteiger partial charge in [0.2, 0.25) is 11.4 Å². The molecule has 0 atom stereocenters. The molecular formula is C71H124N2Ni. The Hall–Kier alpha value is -1.99. The molecule has 74 heavy (non-hydrogen) atoms. The summed E-state index contributed by atoms with van der Waals surface area (Å²) in [6.07, 6.45) is 55.3. The second kappa shape index (κ2) is 46.0. The molecule has 0 aromatic heterocycles. The van der Waals surface area contributed by atoms with E-state index in [4.69, 9.17) is 0 Å². The Bertz CT molecular complexity index is 1700. The zero-order valence-electron chi connectivity index (χ0n) is 51.3. The van der Waals surface area contributed by atoms with E-state index in [0.717, 1.165) is 62.8 Å². The molecule has 3 heteroatoms. The predicted molar refractivity (Wildman–Crippen MR) is 330 cm³/mol. The van der Waals surface area contributed by atoms with Gasteiger partial charge in [-0.25, -0.2) is 4.70 Å². The molecule has 3 rings (SSSR count). The summed E-state index contributed by atoms with van der Waals surface area (Å²) >= 11 is 2.01. The summed E-state index contributed by atoms with van der Waals surface area (Å²) in [5, 5.41) is 2.85. The van der Waals surface area contributed by atoms with E-state index in [1.54, 1.807) is 38.1 Å². The average molecular weight is 1060 g/mol. The van der Waals surface area contributed by atoms with Crippen molar-refractivity contribution >= 4 is 11.4 Å². The SMILES string of the molecule is CCCCCCC1=C(c2cc(CCCCC)c(CCCCC)c(CCCCC)c2)[N+](=[N-])C(c2cc(CCCC)c(CCCC)c(CCCC)c2)=C1CCCC.CCCCCCCC[CH2][Ni][CH2]CCCCCCCC. The van der Waals surface area contributed by atoms with Crippen molar-refractivity contribution in [1.82, 2.24) is 0 Å². The molecule has 0 spiro atoms. The van der Waals surface area contributed by atoms with Crippen molar-refractivity contribution in [2.45, 2.75) is 356 Å². The molecule has 0 N–H and O–H groups in total. The van der Waals surface area contributed by atoms with Gasteiger partial charge in [0.1, 0.15) is 0 Å². The van der Waals surface area contributed by atoms with E-state index in [1.807, 2.05) is 14.4 Å². The molecule has 2 aromatic rings. The second-order valence-electron chi connectivity index (χ2n) is 22.8. The molecule has 1 aliphatic rings. The van der Waals surface area contributed by atoms with Gasteiger partial charge in [-0.05, 0) is 160 Å². The standard InChI is InChI=1S/C53H86N2.2C9H19.Ni/c1-9-17-25-29-37-51-50(35-24-16-8)52(46-38-42(30-21-13-5)48(34-23-15-7)43(39-46)31-22-14-6)55(54)53(51)47-40-44(32-26-18-10-2)49(36-28-20-12-4)45(41-47)33-27-19-11-3;2*1-3-5-7-9-8-6-4-2;/h38-41H,9-37H2,1-8H3;2*1,3-9H2,2H3;. The quantitative estimate of drug-likeness (QED) is 0.0359. The van der Waals surface area contributed by atoms with Crippen molar-refractivity contribution in [2.24, 2.45) is 0 Å². The van der Waals surface area contributed by atoms with Crippen LogP contribution in [0.25, 0.3) is 16.9 Å². The molecule has 2 aromatic carbocycles. The Morgan fingerprint density at radius 1 is 0.284 bits per heavy atom. The normalized spacial score (nSPS) is 12.8. The van der Waals surface area contributed by atoms with E-state index < -0.39 is 0 Å². The van der Waals surface area contributed by atoms with Gasteiger partial charge >= 0.3 is 129 Å². The van der Waals surface area contributed by atoms with Gasteiger partial charge in [-0.2, -0.15) is 0 Å². The van der Waals surface area contributed by atoms with Crippen LogP contribution in [-0.4, -0.2) is 4.70 Å². The molecule has 0 radical (unpaired) electrons. The molecule has 0 bridgehead atoms. The van der Waals surface area contributed by atoms with Gasteiger partial charge < -0.3 is 5.53 Å². The van der Waals surface area contributed by atoms with E-state index in [1.165, 1.54) is 258 Å². The fourth-order valence-corrected chi connectivity index (χ4v) is 12.6. The monoisotopic (exact) mass is 1060 g/mol. The fourth-order valence-electron chi connectivity index (χ4n) is 11.4. The number of hydrogen-bond acceptors (Lipinski definition) is 0. The molecule has 0 amide bonds. The van der Waals surface area contributed by atoms with Crippen LogP contribution in [0.15, 0.2) is 35.4 Å². The van der Waals surface area contributed by atoms with Gasteiger partial charge in [0, 0.05) is 22.3 Å². The number of nitrogens with zero attached hydrogens (tertiary/aromatic N) is 2. The summed E-state index contributed by atoms with van der Waals surface area (Å²) in [5.41, 5.74) is 30.0. The van der Waals surface area contributed by atoms with E-state index >= 15 is 0 Å². The molecule has 0 saturated carbocycles.